The Balaban J connectivity index is 1.85. The van der Waals surface area contributed by atoms with E-state index >= 15 is 0 Å². The average Bonchev–Trinajstić information content (AvgIpc) is 2.63. The second kappa shape index (κ2) is 5.16. The quantitative estimate of drug-likeness (QED) is 0.643. The molecular weight excluding hydrogens is 234 g/mol. The summed E-state index contributed by atoms with van der Waals surface area (Å²) in [7, 11) is 1.84. The Hall–Kier alpha value is -1.92. The Morgan fingerprint density at radius 3 is 2.56 bits per heavy atom. The van der Waals surface area contributed by atoms with Gasteiger partial charge in [-0.3, -0.25) is 4.68 Å². The van der Waals surface area contributed by atoms with Crippen molar-refractivity contribution in [3.63, 3.8) is 0 Å². The summed E-state index contributed by atoms with van der Waals surface area (Å²) in [6.45, 7) is 0. The summed E-state index contributed by atoms with van der Waals surface area (Å²) in [5, 5.41) is 18.6. The summed E-state index contributed by atoms with van der Waals surface area (Å²) in [6, 6.07) is 0.402. The molecule has 7 heteroatoms. The molecule has 1 aromatic heterocycles. The SMILES string of the molecule is Cn1ncc(N)c1N[C@H]1CC[C@@H](NC(=O)O)CC1. The van der Waals surface area contributed by atoms with Gasteiger partial charge < -0.3 is 21.5 Å². The fourth-order valence-electron chi connectivity index (χ4n) is 2.38. The number of nitrogen functional groups attached to an aromatic ring is 1. The van der Waals surface area contributed by atoms with Crippen LogP contribution in [0.5, 0.6) is 0 Å². The number of amides is 1. The second-order valence-corrected chi connectivity index (χ2v) is 4.71. The van der Waals surface area contributed by atoms with Crippen LogP contribution in [0.3, 0.4) is 0 Å². The van der Waals surface area contributed by atoms with Crippen LogP contribution in [-0.2, 0) is 7.05 Å². The van der Waals surface area contributed by atoms with Crippen LogP contribution in [0.4, 0.5) is 16.3 Å². The van der Waals surface area contributed by atoms with Gasteiger partial charge in [-0.25, -0.2) is 4.79 Å². The molecule has 7 nitrogen and oxygen atoms in total. The number of carbonyl (C=O) groups is 1. The Kier molecular flexibility index (Phi) is 3.59. The molecule has 2 rings (SSSR count). The maximum Gasteiger partial charge on any atom is 0.404 e. The predicted octanol–water partition coefficient (Wildman–Crippen LogP) is 0.993. The van der Waals surface area contributed by atoms with Gasteiger partial charge in [-0.1, -0.05) is 0 Å². The van der Waals surface area contributed by atoms with E-state index in [2.05, 4.69) is 15.7 Å². The molecule has 1 aliphatic carbocycles. The smallest absolute Gasteiger partial charge is 0.404 e. The highest BCUT2D eigenvalue weighted by Crippen LogP contribution is 2.24. The van der Waals surface area contributed by atoms with Crippen molar-refractivity contribution in [2.45, 2.75) is 37.8 Å². The summed E-state index contributed by atoms with van der Waals surface area (Å²) in [5.41, 5.74) is 6.46. The van der Waals surface area contributed by atoms with E-state index in [1.165, 1.54) is 0 Å². The molecule has 1 aliphatic rings. The van der Waals surface area contributed by atoms with E-state index in [-0.39, 0.29) is 6.04 Å². The summed E-state index contributed by atoms with van der Waals surface area (Å²) in [4.78, 5) is 10.5. The van der Waals surface area contributed by atoms with Crippen LogP contribution in [0, 0.1) is 0 Å². The van der Waals surface area contributed by atoms with Gasteiger partial charge in [0.05, 0.1) is 11.9 Å². The average molecular weight is 253 g/mol. The normalized spacial score (nSPS) is 23.6. The Bertz CT molecular complexity index is 404. The van der Waals surface area contributed by atoms with Crippen molar-refractivity contribution in [3.8, 4) is 0 Å². The Labute approximate surface area is 105 Å². The molecule has 0 aromatic carbocycles. The summed E-state index contributed by atoms with van der Waals surface area (Å²) in [5.74, 6) is 0.838. The van der Waals surface area contributed by atoms with Crippen molar-refractivity contribution in [1.29, 1.82) is 0 Å². The summed E-state index contributed by atoms with van der Waals surface area (Å²) >= 11 is 0. The zero-order valence-corrected chi connectivity index (χ0v) is 10.4. The molecule has 5 N–H and O–H groups in total. The topological polar surface area (TPSA) is 105 Å². The van der Waals surface area contributed by atoms with Crippen LogP contribution in [0.15, 0.2) is 6.20 Å². The van der Waals surface area contributed by atoms with Crippen molar-refractivity contribution in [2.75, 3.05) is 11.1 Å². The third kappa shape index (κ3) is 2.85. The third-order valence-electron chi connectivity index (χ3n) is 3.36. The number of rotatable bonds is 3. The zero-order chi connectivity index (χ0) is 13.1. The maximum atomic E-state index is 10.5. The van der Waals surface area contributed by atoms with Gasteiger partial charge in [-0.2, -0.15) is 5.10 Å². The highest BCUT2D eigenvalue weighted by Gasteiger charge is 2.23. The lowest BCUT2D eigenvalue weighted by Gasteiger charge is -2.29. The molecule has 18 heavy (non-hydrogen) atoms. The van der Waals surface area contributed by atoms with Crippen LogP contribution in [0.2, 0.25) is 0 Å². The van der Waals surface area contributed by atoms with Crippen LogP contribution in [0.1, 0.15) is 25.7 Å². The van der Waals surface area contributed by atoms with Crippen molar-refractivity contribution in [2.24, 2.45) is 7.05 Å². The first-order valence-electron chi connectivity index (χ1n) is 6.09. The first-order chi connectivity index (χ1) is 8.56. The number of nitrogens with one attached hydrogen (secondary N) is 2. The van der Waals surface area contributed by atoms with Crippen LogP contribution in [0.25, 0.3) is 0 Å². The lowest BCUT2D eigenvalue weighted by molar-refractivity contribution is 0.185. The highest BCUT2D eigenvalue weighted by molar-refractivity contribution is 5.65. The van der Waals surface area contributed by atoms with Crippen molar-refractivity contribution >= 4 is 17.6 Å². The van der Waals surface area contributed by atoms with E-state index in [0.29, 0.717) is 11.7 Å². The Morgan fingerprint density at radius 2 is 2.06 bits per heavy atom. The number of anilines is 2. The number of nitrogens with two attached hydrogens (primary N) is 1. The van der Waals surface area contributed by atoms with Gasteiger partial charge in [0.25, 0.3) is 0 Å². The first-order valence-corrected chi connectivity index (χ1v) is 6.09. The van der Waals surface area contributed by atoms with Gasteiger partial charge in [-0.15, -0.1) is 0 Å². The fraction of sp³-hybridized carbons (Fsp3) is 0.636. The zero-order valence-electron chi connectivity index (χ0n) is 10.4. The molecule has 1 saturated carbocycles. The van der Waals surface area contributed by atoms with E-state index in [9.17, 15) is 4.79 Å². The lowest BCUT2D eigenvalue weighted by atomic mass is 9.91. The Morgan fingerprint density at radius 1 is 1.44 bits per heavy atom. The van der Waals surface area contributed by atoms with Gasteiger partial charge >= 0.3 is 6.09 Å². The highest BCUT2D eigenvalue weighted by atomic mass is 16.4. The van der Waals surface area contributed by atoms with Crippen LogP contribution in [-0.4, -0.2) is 33.1 Å². The number of nitrogens with zero attached hydrogens (tertiary/aromatic N) is 2. The van der Waals surface area contributed by atoms with E-state index in [1.54, 1.807) is 10.9 Å². The fourth-order valence-corrected chi connectivity index (χ4v) is 2.38. The molecule has 1 amide bonds. The molecule has 0 unspecified atom stereocenters. The van der Waals surface area contributed by atoms with Gasteiger partial charge in [0, 0.05) is 19.1 Å². The standard InChI is InChI=1S/C11H19N5O2/c1-16-10(9(12)6-13-16)14-7-2-4-8(5-3-7)15-11(17)18/h6-8,14-15H,2-5,12H2,1H3,(H,17,18)/t7-,8+. The molecule has 0 bridgehead atoms. The number of aryl methyl sites for hydroxylation is 1. The molecular formula is C11H19N5O2. The van der Waals surface area contributed by atoms with Gasteiger partial charge in [0.15, 0.2) is 0 Å². The monoisotopic (exact) mass is 253 g/mol. The second-order valence-electron chi connectivity index (χ2n) is 4.71. The van der Waals surface area contributed by atoms with Crippen LogP contribution < -0.4 is 16.4 Å². The molecule has 1 aromatic rings. The third-order valence-corrected chi connectivity index (χ3v) is 3.36. The molecule has 0 saturated heterocycles. The summed E-state index contributed by atoms with van der Waals surface area (Å²) in [6.07, 6.45) is 4.23. The molecule has 0 atom stereocenters. The van der Waals surface area contributed by atoms with Crippen molar-refractivity contribution < 1.29 is 9.90 Å². The van der Waals surface area contributed by atoms with Crippen molar-refractivity contribution in [1.82, 2.24) is 15.1 Å². The summed E-state index contributed by atoms with van der Waals surface area (Å²) < 4.78 is 1.72. The number of aromatic nitrogens is 2. The van der Waals surface area contributed by atoms with Gasteiger partial charge in [0.2, 0.25) is 0 Å². The minimum absolute atomic E-state index is 0.0736. The molecule has 100 valence electrons. The van der Waals surface area contributed by atoms with Gasteiger partial charge in [0.1, 0.15) is 5.82 Å². The molecule has 0 aliphatic heterocycles. The minimum atomic E-state index is -0.942. The molecule has 0 radical (unpaired) electrons. The number of carboxylic acid groups (broad SMARTS) is 1. The van der Waals surface area contributed by atoms with Crippen LogP contribution >= 0.6 is 0 Å². The first kappa shape index (κ1) is 12.5. The predicted molar refractivity (Wildman–Crippen MR) is 68.4 cm³/mol. The van der Waals surface area contributed by atoms with Gasteiger partial charge in [-0.05, 0) is 25.7 Å². The largest absolute Gasteiger partial charge is 0.465 e. The van der Waals surface area contributed by atoms with E-state index < -0.39 is 6.09 Å². The molecule has 1 heterocycles. The van der Waals surface area contributed by atoms with E-state index in [4.69, 9.17) is 10.8 Å². The van der Waals surface area contributed by atoms with E-state index in [0.717, 1.165) is 31.5 Å². The van der Waals surface area contributed by atoms with E-state index in [1.807, 2.05) is 7.05 Å². The minimum Gasteiger partial charge on any atom is -0.465 e. The maximum absolute atomic E-state index is 10.5. The number of hydrogen-bond acceptors (Lipinski definition) is 4. The number of hydrogen-bond donors (Lipinski definition) is 4. The molecule has 1 fully saturated rings. The molecule has 0 spiro atoms. The lowest BCUT2D eigenvalue weighted by Crippen LogP contribution is -2.39. The van der Waals surface area contributed by atoms with Crippen molar-refractivity contribution in [3.05, 3.63) is 6.20 Å².